The van der Waals surface area contributed by atoms with Gasteiger partial charge >= 0.3 is 5.97 Å². The number of nitrogens with zero attached hydrogens (tertiary/aromatic N) is 1. The first-order chi connectivity index (χ1) is 23.7. The number of unbranched alkanes of at least 4 members (excludes halogenated alkanes) is 11. The molecule has 2 atom stereocenters. The van der Waals surface area contributed by atoms with Gasteiger partial charge in [-0.25, -0.2) is 0 Å². The number of nitrogens with one attached hydrogen (secondary N) is 1. The van der Waals surface area contributed by atoms with E-state index in [1.807, 2.05) is 50.2 Å². The van der Waals surface area contributed by atoms with E-state index >= 15 is 0 Å². The van der Waals surface area contributed by atoms with Crippen LogP contribution >= 0.6 is 11.6 Å². The number of halogens is 1. The molecule has 0 radical (unpaired) electrons. The lowest BCUT2D eigenvalue weighted by atomic mass is 9.79. The zero-order chi connectivity index (χ0) is 35.2. The van der Waals surface area contributed by atoms with Gasteiger partial charge in [0.2, 0.25) is 0 Å². The van der Waals surface area contributed by atoms with Crippen LogP contribution in [0.3, 0.4) is 0 Å². The smallest absolute Gasteiger partial charge is 0.307 e. The Labute approximate surface area is 298 Å². The predicted octanol–water partition coefficient (Wildman–Crippen LogP) is 11.5. The van der Waals surface area contributed by atoms with E-state index in [2.05, 4.69) is 12.2 Å². The highest BCUT2D eigenvalue weighted by Crippen LogP contribution is 2.42. The number of carbonyl (C=O) groups is 3. The number of aliphatic carboxylic acids is 1. The maximum Gasteiger partial charge on any atom is 0.307 e. The average Bonchev–Trinajstić information content (AvgIpc) is 3.26. The first-order valence-electron chi connectivity index (χ1n) is 18.5. The van der Waals surface area contributed by atoms with Gasteiger partial charge in [0.1, 0.15) is 0 Å². The standard InChI is InChI=1S/C42H55ClN2O4/c1-4-5-6-7-8-9-10-11-12-13-14-15-21-37(42(48)49)36-22-18-27-45(39-26-23-32(43)29-38(36)39)41(47)35-25-24-33(28-31(35)3)44-40(46)34-20-17-16-19-30(34)2/h16-17,19-20,23-26,28-29,36-37H,4-15,18,21-22,27H2,1-3H3,(H,44,46)(H,48,49). The number of fused-ring (bicyclic) bond motifs is 1. The molecule has 1 aliphatic heterocycles. The lowest BCUT2D eigenvalue weighted by Gasteiger charge is -2.27. The Morgan fingerprint density at radius 2 is 1.47 bits per heavy atom. The fourth-order valence-corrected chi connectivity index (χ4v) is 7.48. The molecule has 49 heavy (non-hydrogen) atoms. The first-order valence-corrected chi connectivity index (χ1v) is 18.9. The third-order valence-corrected chi connectivity index (χ3v) is 10.3. The van der Waals surface area contributed by atoms with Gasteiger partial charge in [0, 0.05) is 34.1 Å². The molecule has 7 heteroatoms. The lowest BCUT2D eigenvalue weighted by molar-refractivity contribution is -0.143. The van der Waals surface area contributed by atoms with Crippen LogP contribution in [0.15, 0.2) is 60.7 Å². The van der Waals surface area contributed by atoms with Crippen molar-refractivity contribution in [1.29, 1.82) is 0 Å². The van der Waals surface area contributed by atoms with Crippen molar-refractivity contribution >= 4 is 40.8 Å². The van der Waals surface area contributed by atoms with Crippen LogP contribution in [0.5, 0.6) is 0 Å². The first kappa shape index (κ1) is 38.2. The molecule has 0 fully saturated rings. The molecule has 6 nitrogen and oxygen atoms in total. The van der Waals surface area contributed by atoms with Crippen LogP contribution in [0, 0.1) is 19.8 Å². The van der Waals surface area contributed by atoms with Crippen molar-refractivity contribution in [1.82, 2.24) is 0 Å². The van der Waals surface area contributed by atoms with Crippen molar-refractivity contribution in [3.8, 4) is 0 Å². The third kappa shape index (κ3) is 10.9. The van der Waals surface area contributed by atoms with Crippen molar-refractivity contribution in [3.63, 3.8) is 0 Å². The Bertz CT molecular complexity index is 1550. The number of aryl methyl sites for hydroxylation is 2. The van der Waals surface area contributed by atoms with Gasteiger partial charge in [-0.05, 0) is 98.2 Å². The SMILES string of the molecule is CCCCCCCCCCCCCCC(C(=O)O)C1CCCN(C(=O)c2ccc(NC(=O)c3ccccc3C)cc2C)c2ccc(Cl)cc21. The highest BCUT2D eigenvalue weighted by Gasteiger charge is 2.35. The van der Waals surface area contributed by atoms with Gasteiger partial charge in [-0.2, -0.15) is 0 Å². The zero-order valence-corrected chi connectivity index (χ0v) is 30.5. The molecule has 0 aliphatic carbocycles. The topological polar surface area (TPSA) is 86.7 Å². The molecule has 1 heterocycles. The highest BCUT2D eigenvalue weighted by molar-refractivity contribution is 6.30. The predicted molar refractivity (Wildman–Crippen MR) is 202 cm³/mol. The van der Waals surface area contributed by atoms with Gasteiger partial charge in [0.05, 0.1) is 5.92 Å². The summed E-state index contributed by atoms with van der Waals surface area (Å²) in [5.74, 6) is -1.88. The van der Waals surface area contributed by atoms with Crippen LogP contribution in [0.25, 0.3) is 0 Å². The molecule has 0 spiro atoms. The quantitative estimate of drug-likeness (QED) is 0.130. The molecule has 0 saturated carbocycles. The maximum absolute atomic E-state index is 14.1. The second-order valence-corrected chi connectivity index (χ2v) is 14.3. The number of carboxylic acids is 1. The van der Waals surface area contributed by atoms with Crippen LogP contribution in [0.4, 0.5) is 11.4 Å². The Kier molecular flexibility index (Phi) is 15.2. The summed E-state index contributed by atoms with van der Waals surface area (Å²) in [7, 11) is 0. The number of hydrogen-bond donors (Lipinski definition) is 2. The van der Waals surface area contributed by atoms with Crippen molar-refractivity contribution in [3.05, 3.63) is 93.5 Å². The van der Waals surface area contributed by atoms with Gasteiger partial charge in [0.15, 0.2) is 0 Å². The number of benzene rings is 3. The molecular weight excluding hydrogens is 632 g/mol. The number of carbonyl (C=O) groups excluding carboxylic acids is 2. The van der Waals surface area contributed by atoms with Crippen molar-refractivity contribution in [2.24, 2.45) is 5.92 Å². The van der Waals surface area contributed by atoms with E-state index in [9.17, 15) is 19.5 Å². The lowest BCUT2D eigenvalue weighted by Crippen LogP contribution is -2.32. The van der Waals surface area contributed by atoms with Crippen LogP contribution < -0.4 is 10.2 Å². The monoisotopic (exact) mass is 686 g/mol. The largest absolute Gasteiger partial charge is 0.481 e. The molecule has 3 aromatic rings. The molecule has 0 saturated heterocycles. The van der Waals surface area contributed by atoms with E-state index in [4.69, 9.17) is 11.6 Å². The van der Waals surface area contributed by atoms with E-state index in [-0.39, 0.29) is 17.7 Å². The van der Waals surface area contributed by atoms with E-state index in [0.717, 1.165) is 41.6 Å². The number of amides is 2. The maximum atomic E-state index is 14.1. The summed E-state index contributed by atoms with van der Waals surface area (Å²) in [4.78, 5) is 41.5. The molecule has 1 aliphatic rings. The number of carboxylic acid groups (broad SMARTS) is 1. The fourth-order valence-electron chi connectivity index (χ4n) is 7.30. The fraction of sp³-hybridized carbons (Fsp3) is 0.500. The second-order valence-electron chi connectivity index (χ2n) is 13.8. The summed E-state index contributed by atoms with van der Waals surface area (Å²) in [5, 5.41) is 13.9. The molecule has 2 N–H and O–H groups in total. The normalized spacial score (nSPS) is 14.9. The van der Waals surface area contributed by atoms with E-state index in [1.165, 1.54) is 57.8 Å². The van der Waals surface area contributed by atoms with Gasteiger partial charge in [0.25, 0.3) is 11.8 Å². The summed E-state index contributed by atoms with van der Waals surface area (Å²) in [5.41, 5.74) is 4.97. The summed E-state index contributed by atoms with van der Waals surface area (Å²) < 4.78 is 0. The number of hydrogen-bond acceptors (Lipinski definition) is 3. The molecule has 2 amide bonds. The molecule has 3 aromatic carbocycles. The van der Waals surface area contributed by atoms with Crippen LogP contribution in [-0.4, -0.2) is 29.4 Å². The molecule has 0 bridgehead atoms. The second kappa shape index (κ2) is 19.5. The third-order valence-electron chi connectivity index (χ3n) is 10.1. The minimum absolute atomic E-state index is 0.147. The highest BCUT2D eigenvalue weighted by atomic mass is 35.5. The Hall–Kier alpha value is -3.64. The van der Waals surface area contributed by atoms with Crippen LogP contribution in [0.2, 0.25) is 5.02 Å². The van der Waals surface area contributed by atoms with Gasteiger partial charge in [-0.15, -0.1) is 0 Å². The van der Waals surface area contributed by atoms with Crippen molar-refractivity contribution < 1.29 is 19.5 Å². The zero-order valence-electron chi connectivity index (χ0n) is 29.7. The summed E-state index contributed by atoms with van der Waals surface area (Å²) in [6, 6.07) is 18.3. The summed E-state index contributed by atoms with van der Waals surface area (Å²) in [6.45, 7) is 6.51. The van der Waals surface area contributed by atoms with Gasteiger partial charge in [-0.1, -0.05) is 114 Å². The molecule has 264 valence electrons. The minimum atomic E-state index is -0.780. The molecule has 2 unspecified atom stereocenters. The average molecular weight is 687 g/mol. The number of rotatable bonds is 18. The number of anilines is 2. The molecular formula is C42H55ClN2O4. The van der Waals surface area contributed by atoms with Gasteiger partial charge < -0.3 is 15.3 Å². The van der Waals surface area contributed by atoms with Crippen LogP contribution in [0.1, 0.15) is 147 Å². The van der Waals surface area contributed by atoms with Crippen molar-refractivity contribution in [2.45, 2.75) is 123 Å². The Morgan fingerprint density at radius 1 is 0.816 bits per heavy atom. The van der Waals surface area contributed by atoms with E-state index < -0.39 is 11.9 Å². The van der Waals surface area contributed by atoms with E-state index in [0.29, 0.717) is 47.6 Å². The molecule has 4 rings (SSSR count). The minimum Gasteiger partial charge on any atom is -0.481 e. The summed E-state index contributed by atoms with van der Waals surface area (Å²) in [6.07, 6.45) is 16.8. The Balaban J connectivity index is 1.40. The van der Waals surface area contributed by atoms with E-state index in [1.54, 1.807) is 29.2 Å². The molecule has 0 aromatic heterocycles. The van der Waals surface area contributed by atoms with Crippen molar-refractivity contribution in [2.75, 3.05) is 16.8 Å². The van der Waals surface area contributed by atoms with Crippen LogP contribution in [-0.2, 0) is 4.79 Å². The summed E-state index contributed by atoms with van der Waals surface area (Å²) >= 11 is 6.51. The van der Waals surface area contributed by atoms with Gasteiger partial charge in [-0.3, -0.25) is 14.4 Å². The Morgan fingerprint density at radius 3 is 2.10 bits per heavy atom.